The summed E-state index contributed by atoms with van der Waals surface area (Å²) in [5.41, 5.74) is 1.03. The van der Waals surface area contributed by atoms with Gasteiger partial charge >= 0.3 is 0 Å². The molecule has 0 unspecified atom stereocenters. The number of likely N-dealkylation sites (tertiary alicyclic amines) is 1. The molecule has 1 saturated heterocycles. The number of carbonyl (C=O) groups is 2. The number of aryl methyl sites for hydroxylation is 2. The third kappa shape index (κ3) is 3.57. The number of nitrogens with zero attached hydrogens (tertiary/aromatic N) is 3. The number of fused-ring (bicyclic) bond motifs is 1. The first-order chi connectivity index (χ1) is 12.4. The largest absolute Gasteiger partial charge is 0.287 e. The van der Waals surface area contributed by atoms with Gasteiger partial charge in [-0.3, -0.25) is 23.9 Å². The fraction of sp³-hybridized carbons (Fsp3) is 0.556. The molecule has 0 spiro atoms. The predicted molar refractivity (Wildman–Crippen MR) is 105 cm³/mol. The summed E-state index contributed by atoms with van der Waals surface area (Å²) in [7, 11) is 0. The molecule has 1 aliphatic rings. The number of thioether (sulfide) groups is 1. The van der Waals surface area contributed by atoms with Gasteiger partial charge in [0.2, 0.25) is 11.8 Å². The van der Waals surface area contributed by atoms with Crippen LogP contribution in [-0.2, 0) is 16.1 Å². The van der Waals surface area contributed by atoms with E-state index in [1.807, 2.05) is 13.8 Å². The topological polar surface area (TPSA) is 72.3 Å². The fourth-order valence-corrected chi connectivity index (χ4v) is 5.05. The van der Waals surface area contributed by atoms with Crippen LogP contribution in [0.4, 0.5) is 0 Å². The third-order valence-electron chi connectivity index (χ3n) is 4.69. The minimum Gasteiger partial charge on any atom is -0.287 e. The highest BCUT2D eigenvalue weighted by atomic mass is 32.2. The standard InChI is InChI=1S/C18H23N3O3S2/c1-4-5-8-21-17(24)15-11(2)12(3)26-16(15)19-18(21)25-10-9-20-13(22)6-7-14(20)23/h4-10H2,1-3H3. The fourth-order valence-electron chi connectivity index (χ4n) is 3.03. The van der Waals surface area contributed by atoms with Crippen LogP contribution >= 0.6 is 23.1 Å². The van der Waals surface area contributed by atoms with Gasteiger partial charge in [-0.05, 0) is 25.8 Å². The first-order valence-electron chi connectivity index (χ1n) is 8.90. The Morgan fingerprint density at radius 2 is 1.81 bits per heavy atom. The Labute approximate surface area is 160 Å². The molecule has 0 atom stereocenters. The first kappa shape index (κ1) is 19.1. The molecule has 1 aliphatic heterocycles. The molecule has 3 rings (SSSR count). The number of rotatable bonds is 7. The van der Waals surface area contributed by atoms with Crippen molar-refractivity contribution in [2.75, 3.05) is 12.3 Å². The minimum atomic E-state index is -0.105. The number of carbonyl (C=O) groups excluding carboxylic acids is 2. The molecular formula is C18H23N3O3S2. The summed E-state index contributed by atoms with van der Waals surface area (Å²) in [6.07, 6.45) is 2.52. The van der Waals surface area contributed by atoms with Crippen LogP contribution in [0.5, 0.6) is 0 Å². The molecule has 8 heteroatoms. The van der Waals surface area contributed by atoms with E-state index in [0.717, 1.165) is 33.5 Å². The smallest absolute Gasteiger partial charge is 0.263 e. The molecule has 1 fully saturated rings. The molecular weight excluding hydrogens is 370 g/mol. The Morgan fingerprint density at radius 1 is 1.12 bits per heavy atom. The van der Waals surface area contributed by atoms with Gasteiger partial charge < -0.3 is 0 Å². The number of imide groups is 1. The van der Waals surface area contributed by atoms with E-state index in [0.29, 0.717) is 36.8 Å². The van der Waals surface area contributed by atoms with Gasteiger partial charge in [-0.2, -0.15) is 0 Å². The minimum absolute atomic E-state index is 0.0149. The lowest BCUT2D eigenvalue weighted by Gasteiger charge is -2.15. The molecule has 0 N–H and O–H groups in total. The van der Waals surface area contributed by atoms with E-state index in [9.17, 15) is 14.4 Å². The van der Waals surface area contributed by atoms with Crippen LogP contribution in [0.15, 0.2) is 9.95 Å². The van der Waals surface area contributed by atoms with Crippen molar-refractivity contribution >= 4 is 45.1 Å². The molecule has 2 aromatic rings. The molecule has 0 bridgehead atoms. The second-order valence-corrected chi connectivity index (χ2v) is 8.72. The Balaban J connectivity index is 1.87. The Kier molecular flexibility index (Phi) is 5.82. The van der Waals surface area contributed by atoms with Crippen molar-refractivity contribution in [1.29, 1.82) is 0 Å². The van der Waals surface area contributed by atoms with E-state index in [2.05, 4.69) is 6.92 Å². The zero-order valence-electron chi connectivity index (χ0n) is 15.3. The monoisotopic (exact) mass is 393 g/mol. The summed E-state index contributed by atoms with van der Waals surface area (Å²) in [5, 5.41) is 1.40. The molecule has 0 saturated carbocycles. The van der Waals surface area contributed by atoms with Crippen molar-refractivity contribution in [3.05, 3.63) is 20.8 Å². The summed E-state index contributed by atoms with van der Waals surface area (Å²) in [4.78, 5) is 44.4. The van der Waals surface area contributed by atoms with Gasteiger partial charge in [0.15, 0.2) is 5.16 Å². The SMILES string of the molecule is CCCCn1c(SCCN2C(=O)CCC2=O)nc2sc(C)c(C)c2c1=O. The van der Waals surface area contributed by atoms with Gasteiger partial charge in [0.25, 0.3) is 5.56 Å². The van der Waals surface area contributed by atoms with Crippen LogP contribution in [0.3, 0.4) is 0 Å². The molecule has 26 heavy (non-hydrogen) atoms. The van der Waals surface area contributed by atoms with Gasteiger partial charge in [-0.1, -0.05) is 25.1 Å². The number of hydrogen-bond acceptors (Lipinski definition) is 6. The third-order valence-corrected chi connectivity index (χ3v) is 6.75. The van der Waals surface area contributed by atoms with E-state index in [4.69, 9.17) is 4.98 Å². The summed E-state index contributed by atoms with van der Waals surface area (Å²) >= 11 is 2.99. The normalized spacial score (nSPS) is 14.8. The van der Waals surface area contributed by atoms with Gasteiger partial charge in [0.05, 0.1) is 5.39 Å². The first-order valence-corrected chi connectivity index (χ1v) is 10.7. The summed E-state index contributed by atoms with van der Waals surface area (Å²) < 4.78 is 1.75. The van der Waals surface area contributed by atoms with Crippen LogP contribution in [0.1, 0.15) is 43.0 Å². The number of aromatic nitrogens is 2. The summed E-state index contributed by atoms with van der Waals surface area (Å²) in [5.74, 6) is 0.337. The molecule has 0 aromatic carbocycles. The van der Waals surface area contributed by atoms with Crippen molar-refractivity contribution in [3.8, 4) is 0 Å². The van der Waals surface area contributed by atoms with Crippen LogP contribution in [-0.4, -0.2) is 38.6 Å². The van der Waals surface area contributed by atoms with Crippen molar-refractivity contribution < 1.29 is 9.59 Å². The highest BCUT2D eigenvalue weighted by molar-refractivity contribution is 7.99. The number of amides is 2. The molecule has 2 amide bonds. The number of unbranched alkanes of at least 4 members (excludes halogenated alkanes) is 1. The van der Waals surface area contributed by atoms with E-state index < -0.39 is 0 Å². The van der Waals surface area contributed by atoms with E-state index in [-0.39, 0.29) is 17.4 Å². The van der Waals surface area contributed by atoms with Crippen molar-refractivity contribution in [1.82, 2.24) is 14.5 Å². The Hall–Kier alpha value is -1.67. The Morgan fingerprint density at radius 3 is 2.46 bits per heavy atom. The highest BCUT2D eigenvalue weighted by Crippen LogP contribution is 2.28. The predicted octanol–water partition coefficient (Wildman–Crippen LogP) is 3.12. The lowest BCUT2D eigenvalue weighted by molar-refractivity contribution is -0.137. The lowest BCUT2D eigenvalue weighted by atomic mass is 10.2. The van der Waals surface area contributed by atoms with Gasteiger partial charge in [0.1, 0.15) is 4.83 Å². The maximum Gasteiger partial charge on any atom is 0.263 e. The van der Waals surface area contributed by atoms with E-state index in [1.54, 1.807) is 15.9 Å². The van der Waals surface area contributed by atoms with Crippen LogP contribution < -0.4 is 5.56 Å². The highest BCUT2D eigenvalue weighted by Gasteiger charge is 2.28. The molecule has 6 nitrogen and oxygen atoms in total. The maximum absolute atomic E-state index is 13.0. The Bertz CT molecular complexity index is 901. The van der Waals surface area contributed by atoms with Crippen molar-refractivity contribution in [2.45, 2.75) is 58.2 Å². The molecule has 0 radical (unpaired) electrons. The average molecular weight is 394 g/mol. The molecule has 2 aromatic heterocycles. The van der Waals surface area contributed by atoms with Crippen LogP contribution in [0.2, 0.25) is 0 Å². The van der Waals surface area contributed by atoms with Crippen molar-refractivity contribution in [3.63, 3.8) is 0 Å². The zero-order valence-corrected chi connectivity index (χ0v) is 17.0. The van der Waals surface area contributed by atoms with Crippen LogP contribution in [0.25, 0.3) is 10.2 Å². The average Bonchev–Trinajstić information content (AvgIpc) is 3.07. The molecule has 3 heterocycles. The number of hydrogen-bond donors (Lipinski definition) is 0. The molecule has 0 aliphatic carbocycles. The van der Waals surface area contributed by atoms with Gasteiger partial charge in [-0.25, -0.2) is 4.98 Å². The van der Waals surface area contributed by atoms with E-state index in [1.165, 1.54) is 16.7 Å². The van der Waals surface area contributed by atoms with Gasteiger partial charge in [0, 0.05) is 36.6 Å². The van der Waals surface area contributed by atoms with Gasteiger partial charge in [-0.15, -0.1) is 11.3 Å². The quantitative estimate of drug-likeness (QED) is 0.411. The second-order valence-electron chi connectivity index (χ2n) is 6.46. The summed E-state index contributed by atoms with van der Waals surface area (Å²) in [6.45, 7) is 7.07. The maximum atomic E-state index is 13.0. The molecule has 140 valence electrons. The second kappa shape index (κ2) is 7.92. The van der Waals surface area contributed by atoms with Crippen molar-refractivity contribution in [2.24, 2.45) is 0 Å². The number of thiophene rings is 1. The van der Waals surface area contributed by atoms with E-state index >= 15 is 0 Å². The summed E-state index contributed by atoms with van der Waals surface area (Å²) in [6, 6.07) is 0. The van der Waals surface area contributed by atoms with Crippen LogP contribution in [0, 0.1) is 13.8 Å². The lowest BCUT2D eigenvalue weighted by Crippen LogP contribution is -2.31. The zero-order chi connectivity index (χ0) is 18.8.